The molecule has 3 heteroatoms. The summed E-state index contributed by atoms with van der Waals surface area (Å²) in [5, 5.41) is 9.78. The van der Waals surface area contributed by atoms with Gasteiger partial charge in [-0.15, -0.1) is 0 Å². The van der Waals surface area contributed by atoms with Crippen molar-refractivity contribution in [1.29, 1.82) is 0 Å². The van der Waals surface area contributed by atoms with Crippen LogP contribution in [-0.4, -0.2) is 28.2 Å². The lowest BCUT2D eigenvalue weighted by atomic mass is 9.98. The topological polar surface area (TPSA) is 38.7 Å². The summed E-state index contributed by atoms with van der Waals surface area (Å²) in [6, 6.07) is 0. The van der Waals surface area contributed by atoms with E-state index in [2.05, 4.69) is 6.58 Å². The zero-order valence-electron chi connectivity index (χ0n) is 10.8. The molecule has 3 nitrogen and oxygen atoms in total. The first kappa shape index (κ1) is 13.4. The van der Waals surface area contributed by atoms with Crippen LogP contribution < -0.4 is 0 Å². The Morgan fingerprint density at radius 2 is 1.88 bits per heavy atom. The van der Waals surface area contributed by atoms with Crippen molar-refractivity contribution in [3.8, 4) is 0 Å². The second-order valence-corrected chi connectivity index (χ2v) is 5.43. The summed E-state index contributed by atoms with van der Waals surface area (Å²) in [6.07, 6.45) is 4.82. The fourth-order valence-electron chi connectivity index (χ4n) is 1.78. The molecule has 2 atom stereocenters. The molecule has 0 amide bonds. The molecule has 1 saturated heterocycles. The molecule has 0 saturated carbocycles. The molecular formula is C13H22O3. The number of hydrogen-bond acceptors (Lipinski definition) is 3. The summed E-state index contributed by atoms with van der Waals surface area (Å²) in [7, 11) is 0. The van der Waals surface area contributed by atoms with Gasteiger partial charge in [-0.25, -0.2) is 0 Å². The van der Waals surface area contributed by atoms with E-state index in [1.165, 1.54) is 6.08 Å². The molecule has 0 aromatic heterocycles. The van der Waals surface area contributed by atoms with Crippen LogP contribution in [0.2, 0.25) is 0 Å². The zero-order chi connectivity index (χ0) is 12.6. The van der Waals surface area contributed by atoms with Crippen molar-refractivity contribution in [3.63, 3.8) is 0 Å². The Bertz CT molecular complexity index is 300. The van der Waals surface area contributed by atoms with E-state index >= 15 is 0 Å². The lowest BCUT2D eigenvalue weighted by Gasteiger charge is -2.22. The quantitative estimate of drug-likeness (QED) is 0.751. The van der Waals surface area contributed by atoms with Gasteiger partial charge in [0.15, 0.2) is 5.79 Å². The second kappa shape index (κ2) is 3.99. The summed E-state index contributed by atoms with van der Waals surface area (Å²) in [5.41, 5.74) is -1.40. The van der Waals surface area contributed by atoms with Crippen LogP contribution in [0.15, 0.2) is 24.8 Å². The standard InChI is InChI=1S/C13H22O3/c1-7-13(6,14)9-8-10-11(2,3)16-12(4,5)15-10/h7-10,14H,1H2,2-6H3/b9-8+/t10-,13?/m1/s1. The molecule has 1 unspecified atom stereocenters. The fraction of sp³-hybridized carbons (Fsp3) is 0.692. The van der Waals surface area contributed by atoms with E-state index in [1.54, 1.807) is 13.0 Å². The minimum atomic E-state index is -1.01. The normalized spacial score (nSPS) is 31.5. The van der Waals surface area contributed by atoms with Crippen molar-refractivity contribution in [2.24, 2.45) is 0 Å². The van der Waals surface area contributed by atoms with E-state index in [9.17, 15) is 5.11 Å². The molecule has 0 radical (unpaired) electrons. The maximum absolute atomic E-state index is 9.78. The smallest absolute Gasteiger partial charge is 0.164 e. The molecule has 0 spiro atoms. The molecule has 0 aliphatic carbocycles. The molecular weight excluding hydrogens is 204 g/mol. The highest BCUT2D eigenvalue weighted by atomic mass is 16.8. The Kier molecular flexibility index (Phi) is 3.34. The van der Waals surface area contributed by atoms with Crippen LogP contribution in [0.25, 0.3) is 0 Å². The summed E-state index contributed by atoms with van der Waals surface area (Å²) >= 11 is 0. The van der Waals surface area contributed by atoms with Gasteiger partial charge in [-0.05, 0) is 34.6 Å². The van der Waals surface area contributed by atoms with Gasteiger partial charge in [-0.1, -0.05) is 24.8 Å². The van der Waals surface area contributed by atoms with Crippen LogP contribution in [-0.2, 0) is 9.47 Å². The van der Waals surface area contributed by atoms with Gasteiger partial charge >= 0.3 is 0 Å². The molecule has 16 heavy (non-hydrogen) atoms. The Labute approximate surface area is 97.8 Å². The average molecular weight is 226 g/mol. The molecule has 1 aliphatic heterocycles. The molecule has 0 aromatic rings. The first-order valence-electron chi connectivity index (χ1n) is 5.51. The number of hydrogen-bond donors (Lipinski definition) is 1. The molecule has 1 heterocycles. The first-order valence-corrected chi connectivity index (χ1v) is 5.51. The molecule has 1 aliphatic rings. The Balaban J connectivity index is 2.79. The van der Waals surface area contributed by atoms with Gasteiger partial charge in [0.25, 0.3) is 0 Å². The SMILES string of the molecule is C=CC(C)(O)/C=C/[C@H]1OC(C)(C)OC1(C)C. The molecule has 1 fully saturated rings. The minimum absolute atomic E-state index is 0.172. The van der Waals surface area contributed by atoms with Crippen molar-refractivity contribution in [2.45, 2.75) is 57.7 Å². The number of ether oxygens (including phenoxy) is 2. The van der Waals surface area contributed by atoms with Gasteiger partial charge in [-0.3, -0.25) is 0 Å². The van der Waals surface area contributed by atoms with Crippen molar-refractivity contribution >= 4 is 0 Å². The van der Waals surface area contributed by atoms with Gasteiger partial charge in [0.1, 0.15) is 6.10 Å². The van der Waals surface area contributed by atoms with Crippen LogP contribution in [0, 0.1) is 0 Å². The lowest BCUT2D eigenvalue weighted by Crippen LogP contribution is -2.32. The van der Waals surface area contributed by atoms with Crippen molar-refractivity contribution < 1.29 is 14.6 Å². The summed E-state index contributed by atoms with van der Waals surface area (Å²) < 4.78 is 11.5. The monoisotopic (exact) mass is 226 g/mol. The van der Waals surface area contributed by atoms with Crippen LogP contribution >= 0.6 is 0 Å². The number of aliphatic hydroxyl groups is 1. The maximum atomic E-state index is 9.78. The minimum Gasteiger partial charge on any atom is -0.382 e. The highest BCUT2D eigenvalue weighted by molar-refractivity contribution is 5.13. The van der Waals surface area contributed by atoms with Crippen LogP contribution in [0.1, 0.15) is 34.6 Å². The largest absolute Gasteiger partial charge is 0.382 e. The Hall–Kier alpha value is -0.640. The van der Waals surface area contributed by atoms with Gasteiger partial charge in [0.05, 0.1) is 11.2 Å². The van der Waals surface area contributed by atoms with E-state index in [4.69, 9.17) is 9.47 Å². The van der Waals surface area contributed by atoms with Crippen molar-refractivity contribution in [3.05, 3.63) is 24.8 Å². The van der Waals surface area contributed by atoms with Crippen molar-refractivity contribution in [2.75, 3.05) is 0 Å². The second-order valence-electron chi connectivity index (χ2n) is 5.43. The van der Waals surface area contributed by atoms with Gasteiger partial charge in [0.2, 0.25) is 0 Å². The fourth-order valence-corrected chi connectivity index (χ4v) is 1.78. The van der Waals surface area contributed by atoms with Crippen LogP contribution in [0.4, 0.5) is 0 Å². The zero-order valence-corrected chi connectivity index (χ0v) is 10.8. The molecule has 0 aromatic carbocycles. The van der Waals surface area contributed by atoms with Gasteiger partial charge in [-0.2, -0.15) is 0 Å². The molecule has 1 N–H and O–H groups in total. The molecule has 0 bridgehead atoms. The third kappa shape index (κ3) is 3.17. The third-order valence-corrected chi connectivity index (χ3v) is 2.63. The average Bonchev–Trinajstić information content (AvgIpc) is 2.31. The lowest BCUT2D eigenvalue weighted by molar-refractivity contribution is -0.155. The number of rotatable bonds is 3. The van der Waals surface area contributed by atoms with Crippen LogP contribution in [0.5, 0.6) is 0 Å². The van der Waals surface area contributed by atoms with Crippen LogP contribution in [0.3, 0.4) is 0 Å². The highest BCUT2D eigenvalue weighted by Crippen LogP contribution is 2.36. The van der Waals surface area contributed by atoms with E-state index in [1.807, 2.05) is 33.8 Å². The van der Waals surface area contributed by atoms with Gasteiger partial charge < -0.3 is 14.6 Å². The third-order valence-electron chi connectivity index (χ3n) is 2.63. The van der Waals surface area contributed by atoms with Crippen molar-refractivity contribution in [1.82, 2.24) is 0 Å². The highest BCUT2D eigenvalue weighted by Gasteiger charge is 2.45. The molecule has 92 valence electrons. The first-order chi connectivity index (χ1) is 7.08. The maximum Gasteiger partial charge on any atom is 0.164 e. The predicted molar refractivity (Wildman–Crippen MR) is 64.1 cm³/mol. The summed E-state index contributed by atoms with van der Waals surface area (Å²) in [6.45, 7) is 12.9. The molecule has 1 rings (SSSR count). The van der Waals surface area contributed by atoms with E-state index in [0.29, 0.717) is 0 Å². The predicted octanol–water partition coefficient (Wildman–Crippen LogP) is 2.41. The van der Waals surface area contributed by atoms with E-state index in [0.717, 1.165) is 0 Å². The Morgan fingerprint density at radius 1 is 1.31 bits per heavy atom. The summed E-state index contributed by atoms with van der Waals surface area (Å²) in [5.74, 6) is -0.585. The van der Waals surface area contributed by atoms with Gasteiger partial charge in [0, 0.05) is 0 Å². The van der Waals surface area contributed by atoms with E-state index in [-0.39, 0.29) is 6.10 Å². The van der Waals surface area contributed by atoms with E-state index < -0.39 is 17.0 Å². The Morgan fingerprint density at radius 3 is 2.25 bits per heavy atom. The summed E-state index contributed by atoms with van der Waals surface area (Å²) in [4.78, 5) is 0.